The van der Waals surface area contributed by atoms with E-state index in [0.717, 1.165) is 44.5 Å². The summed E-state index contributed by atoms with van der Waals surface area (Å²) >= 11 is 0. The Morgan fingerprint density at radius 1 is 1.32 bits per heavy atom. The first-order chi connectivity index (χ1) is 9.24. The molecule has 1 unspecified atom stereocenters. The maximum atomic E-state index is 10.9. The van der Waals surface area contributed by atoms with E-state index in [4.69, 9.17) is 5.11 Å². The molecule has 2 aliphatic rings. The van der Waals surface area contributed by atoms with Gasteiger partial charge < -0.3 is 5.11 Å². The summed E-state index contributed by atoms with van der Waals surface area (Å²) in [5.74, 6) is 0.151. The molecule has 0 bridgehead atoms. The van der Waals surface area contributed by atoms with Crippen molar-refractivity contribution >= 4 is 5.97 Å². The maximum Gasteiger partial charge on any atom is 0.304 e. The lowest BCUT2D eigenvalue weighted by Gasteiger charge is -2.34. The molecule has 1 N–H and O–H groups in total. The number of hydrogen-bond acceptors (Lipinski definition) is 5. The molecule has 0 amide bonds. The minimum Gasteiger partial charge on any atom is -0.481 e. The number of hydrogen-bond donors (Lipinski definition) is 1. The van der Waals surface area contributed by atoms with Crippen LogP contribution in [0.15, 0.2) is 0 Å². The molecule has 2 heterocycles. The minimum atomic E-state index is -0.723. The monoisotopic (exact) mass is 265 g/mol. The Labute approximate surface area is 111 Å². The van der Waals surface area contributed by atoms with Crippen molar-refractivity contribution in [1.82, 2.24) is 25.1 Å². The first-order valence-corrected chi connectivity index (χ1v) is 6.96. The van der Waals surface area contributed by atoms with E-state index in [0.29, 0.717) is 12.6 Å². The zero-order valence-electron chi connectivity index (χ0n) is 10.9. The number of nitrogens with zero attached hydrogens (tertiary/aromatic N) is 5. The Balaban J connectivity index is 1.68. The van der Waals surface area contributed by atoms with Gasteiger partial charge in [0.25, 0.3) is 0 Å². The lowest BCUT2D eigenvalue weighted by atomic mass is 9.99. The number of tetrazole rings is 1. The van der Waals surface area contributed by atoms with Crippen LogP contribution in [0.4, 0.5) is 0 Å². The van der Waals surface area contributed by atoms with Crippen molar-refractivity contribution in [2.45, 2.75) is 57.2 Å². The molecule has 7 heteroatoms. The molecule has 2 fully saturated rings. The van der Waals surface area contributed by atoms with Crippen LogP contribution < -0.4 is 0 Å². The number of aliphatic carboxylic acids is 1. The topological polar surface area (TPSA) is 84.1 Å². The van der Waals surface area contributed by atoms with Crippen LogP contribution in [0, 0.1) is 0 Å². The minimum absolute atomic E-state index is 0.121. The molecule has 19 heavy (non-hydrogen) atoms. The van der Waals surface area contributed by atoms with E-state index in [2.05, 4.69) is 20.4 Å². The third-order valence-corrected chi connectivity index (χ3v) is 3.96. The van der Waals surface area contributed by atoms with E-state index in [9.17, 15) is 4.79 Å². The quantitative estimate of drug-likeness (QED) is 0.849. The number of likely N-dealkylation sites (tertiary alicyclic amines) is 1. The highest BCUT2D eigenvalue weighted by Crippen LogP contribution is 2.34. The third-order valence-electron chi connectivity index (χ3n) is 3.96. The second-order valence-corrected chi connectivity index (χ2v) is 5.49. The maximum absolute atomic E-state index is 10.9. The molecule has 1 aliphatic heterocycles. The molecule has 1 saturated heterocycles. The van der Waals surface area contributed by atoms with Crippen LogP contribution in [-0.4, -0.2) is 48.8 Å². The van der Waals surface area contributed by atoms with Gasteiger partial charge in [0.15, 0.2) is 5.82 Å². The van der Waals surface area contributed by atoms with Crippen molar-refractivity contribution in [3.63, 3.8) is 0 Å². The fourth-order valence-corrected chi connectivity index (χ4v) is 2.80. The lowest BCUT2D eigenvalue weighted by molar-refractivity contribution is -0.138. The van der Waals surface area contributed by atoms with Crippen LogP contribution in [0.1, 0.15) is 50.4 Å². The predicted molar refractivity (Wildman–Crippen MR) is 66.4 cm³/mol. The predicted octanol–water partition coefficient (Wildman–Crippen LogP) is 0.837. The van der Waals surface area contributed by atoms with Crippen LogP contribution in [0.25, 0.3) is 0 Å². The molecule has 7 nitrogen and oxygen atoms in total. The van der Waals surface area contributed by atoms with E-state index in [1.54, 1.807) is 0 Å². The first-order valence-electron chi connectivity index (χ1n) is 6.96. The van der Waals surface area contributed by atoms with Crippen molar-refractivity contribution in [3.05, 3.63) is 5.82 Å². The largest absolute Gasteiger partial charge is 0.481 e. The summed E-state index contributed by atoms with van der Waals surface area (Å²) in [5, 5.41) is 20.9. The number of carbonyl (C=O) groups is 1. The van der Waals surface area contributed by atoms with Gasteiger partial charge in [-0.2, -0.15) is 0 Å². The molecule has 1 atom stereocenters. The number of carboxylic acid groups (broad SMARTS) is 1. The highest BCUT2D eigenvalue weighted by atomic mass is 16.4. The zero-order valence-corrected chi connectivity index (χ0v) is 10.9. The fourth-order valence-electron chi connectivity index (χ4n) is 2.80. The van der Waals surface area contributed by atoms with E-state index < -0.39 is 5.97 Å². The number of rotatable bonds is 5. The van der Waals surface area contributed by atoms with Gasteiger partial charge in [-0.05, 0) is 42.7 Å². The van der Waals surface area contributed by atoms with Gasteiger partial charge in [0.1, 0.15) is 0 Å². The molecule has 1 aromatic heterocycles. The summed E-state index contributed by atoms with van der Waals surface area (Å²) in [4.78, 5) is 13.2. The highest BCUT2D eigenvalue weighted by molar-refractivity contribution is 5.67. The second-order valence-electron chi connectivity index (χ2n) is 5.49. The molecule has 0 aromatic carbocycles. The van der Waals surface area contributed by atoms with Crippen LogP contribution in [0.5, 0.6) is 0 Å². The van der Waals surface area contributed by atoms with Crippen LogP contribution in [0.3, 0.4) is 0 Å². The van der Waals surface area contributed by atoms with Gasteiger partial charge in [-0.25, -0.2) is 4.68 Å². The number of aromatic nitrogens is 4. The summed E-state index contributed by atoms with van der Waals surface area (Å²) in [6.45, 7) is 1.61. The normalized spacial score (nSPS) is 24.5. The molecular formula is C12H19N5O2. The fraction of sp³-hybridized carbons (Fsp3) is 0.833. The highest BCUT2D eigenvalue weighted by Gasteiger charge is 2.30. The van der Waals surface area contributed by atoms with Gasteiger partial charge in [0.2, 0.25) is 0 Å². The van der Waals surface area contributed by atoms with E-state index in [-0.39, 0.29) is 12.5 Å². The SMILES string of the molecule is O=C(O)CC1CCCCN1Cc1nnnn1C1CC1. The molecule has 3 rings (SSSR count). The van der Waals surface area contributed by atoms with Crippen molar-refractivity contribution in [1.29, 1.82) is 0 Å². The Morgan fingerprint density at radius 3 is 2.89 bits per heavy atom. The summed E-state index contributed by atoms with van der Waals surface area (Å²) in [6.07, 6.45) is 5.71. The Morgan fingerprint density at radius 2 is 2.16 bits per heavy atom. The van der Waals surface area contributed by atoms with Crippen molar-refractivity contribution in [2.24, 2.45) is 0 Å². The lowest BCUT2D eigenvalue weighted by Crippen LogP contribution is -2.40. The molecule has 1 saturated carbocycles. The van der Waals surface area contributed by atoms with E-state index >= 15 is 0 Å². The summed E-state index contributed by atoms with van der Waals surface area (Å²) in [7, 11) is 0. The van der Waals surface area contributed by atoms with Gasteiger partial charge in [-0.3, -0.25) is 9.69 Å². The van der Waals surface area contributed by atoms with Gasteiger partial charge in [-0.1, -0.05) is 6.42 Å². The van der Waals surface area contributed by atoms with E-state index in [1.165, 1.54) is 0 Å². The van der Waals surface area contributed by atoms with Crippen LogP contribution in [-0.2, 0) is 11.3 Å². The number of piperidine rings is 1. The Bertz CT molecular complexity index is 457. The smallest absolute Gasteiger partial charge is 0.304 e. The molecule has 0 radical (unpaired) electrons. The van der Waals surface area contributed by atoms with Crippen molar-refractivity contribution in [2.75, 3.05) is 6.54 Å². The summed E-state index contributed by atoms with van der Waals surface area (Å²) < 4.78 is 1.91. The van der Waals surface area contributed by atoms with Crippen molar-refractivity contribution < 1.29 is 9.90 Å². The molecule has 0 spiro atoms. The average molecular weight is 265 g/mol. The molecule has 1 aromatic rings. The van der Waals surface area contributed by atoms with Crippen LogP contribution >= 0.6 is 0 Å². The second kappa shape index (κ2) is 5.24. The first kappa shape index (κ1) is 12.5. The van der Waals surface area contributed by atoms with Gasteiger partial charge in [0, 0.05) is 6.04 Å². The number of carboxylic acids is 1. The molecule has 1 aliphatic carbocycles. The van der Waals surface area contributed by atoms with Gasteiger partial charge in [0.05, 0.1) is 19.0 Å². The zero-order chi connectivity index (χ0) is 13.2. The standard InChI is InChI=1S/C12H19N5O2/c18-12(19)7-10-3-1-2-6-16(10)8-11-13-14-15-17(11)9-4-5-9/h9-10H,1-8H2,(H,18,19). The summed E-state index contributed by atoms with van der Waals surface area (Å²) in [6, 6.07) is 0.586. The molecular weight excluding hydrogens is 246 g/mol. The van der Waals surface area contributed by atoms with E-state index in [1.807, 2.05) is 4.68 Å². The van der Waals surface area contributed by atoms with Crippen molar-refractivity contribution in [3.8, 4) is 0 Å². The molecule has 104 valence electrons. The Kier molecular flexibility index (Phi) is 3.46. The van der Waals surface area contributed by atoms with Crippen LogP contribution in [0.2, 0.25) is 0 Å². The average Bonchev–Trinajstić information content (AvgIpc) is 3.12. The summed E-state index contributed by atoms with van der Waals surface area (Å²) in [5.41, 5.74) is 0. The van der Waals surface area contributed by atoms with Gasteiger partial charge in [-0.15, -0.1) is 5.10 Å². The third kappa shape index (κ3) is 2.91. The Hall–Kier alpha value is -1.50. The van der Waals surface area contributed by atoms with Gasteiger partial charge >= 0.3 is 5.97 Å².